The highest BCUT2D eigenvalue weighted by atomic mass is 35.5. The van der Waals surface area contributed by atoms with Gasteiger partial charge in [-0.05, 0) is 58.7 Å². The van der Waals surface area contributed by atoms with Gasteiger partial charge in [-0.25, -0.2) is 4.99 Å². The first-order chi connectivity index (χ1) is 18.3. The molecule has 1 aliphatic rings. The van der Waals surface area contributed by atoms with Crippen molar-refractivity contribution >= 4 is 59.3 Å². The lowest BCUT2D eigenvalue weighted by Gasteiger charge is -2.36. The number of benzene rings is 2. The van der Waals surface area contributed by atoms with Crippen molar-refractivity contribution in [2.24, 2.45) is 10.7 Å². The molecule has 0 bridgehead atoms. The lowest BCUT2D eigenvalue weighted by molar-refractivity contribution is -0.133. The number of hydrogen-bond donors (Lipinski definition) is 2. The summed E-state index contributed by atoms with van der Waals surface area (Å²) in [4.78, 5) is 22.6. The number of amides is 1. The van der Waals surface area contributed by atoms with Gasteiger partial charge in [0, 0.05) is 43.0 Å². The highest BCUT2D eigenvalue weighted by Crippen LogP contribution is 2.41. The van der Waals surface area contributed by atoms with Crippen LogP contribution in [0.4, 0.5) is 11.4 Å². The fourth-order valence-electron chi connectivity index (χ4n) is 4.64. The van der Waals surface area contributed by atoms with Gasteiger partial charge in [-0.1, -0.05) is 47.6 Å². The predicted molar refractivity (Wildman–Crippen MR) is 175 cm³/mol. The van der Waals surface area contributed by atoms with E-state index in [1.807, 2.05) is 58.8 Å². The minimum atomic E-state index is -0.259. The molecule has 1 aromatic heterocycles. The van der Waals surface area contributed by atoms with E-state index < -0.39 is 0 Å². The van der Waals surface area contributed by atoms with Gasteiger partial charge in [-0.15, -0.1) is 36.2 Å². The summed E-state index contributed by atoms with van der Waals surface area (Å²) in [6, 6.07) is 15.7. The molecule has 10 heteroatoms. The van der Waals surface area contributed by atoms with Gasteiger partial charge in [0.2, 0.25) is 0 Å². The first-order valence-corrected chi connectivity index (χ1v) is 14.2. The standard InChI is InChI=1S/C31H40N4O3S.2ClH/c1-30(2,3)24-18-23(19-25(28(24)37)31(4,5)6)38-20-27(36)35-15-13-34(14-16-35)22-11-9-21(10-12-22)33-29(32)26-8-7-17-39-26;;/h7-12,17-19,37H,13-16,20H2,1-6H3,(H2,32,33);2*1H. The Labute approximate surface area is 260 Å². The van der Waals surface area contributed by atoms with Crippen LogP contribution >= 0.6 is 36.2 Å². The fraction of sp³-hybridized carbons (Fsp3) is 0.419. The molecule has 0 aliphatic carbocycles. The normalized spacial score (nSPS) is 14.2. The third-order valence-electron chi connectivity index (χ3n) is 6.93. The fourth-order valence-corrected chi connectivity index (χ4v) is 5.27. The van der Waals surface area contributed by atoms with Crippen LogP contribution in [0.2, 0.25) is 0 Å². The molecule has 3 aromatic rings. The van der Waals surface area contributed by atoms with Gasteiger partial charge < -0.3 is 25.4 Å². The summed E-state index contributed by atoms with van der Waals surface area (Å²) in [6.45, 7) is 15.1. The Morgan fingerprint density at radius 2 is 1.51 bits per heavy atom. The van der Waals surface area contributed by atoms with E-state index >= 15 is 0 Å². The van der Waals surface area contributed by atoms with Crippen molar-refractivity contribution in [3.05, 3.63) is 69.9 Å². The third-order valence-corrected chi connectivity index (χ3v) is 7.82. The number of rotatable bonds is 6. The van der Waals surface area contributed by atoms with Crippen LogP contribution in [0.5, 0.6) is 11.5 Å². The Morgan fingerprint density at radius 1 is 0.951 bits per heavy atom. The average molecular weight is 622 g/mol. The predicted octanol–water partition coefficient (Wildman–Crippen LogP) is 6.66. The quantitative estimate of drug-likeness (QED) is 0.237. The summed E-state index contributed by atoms with van der Waals surface area (Å²) in [5.41, 5.74) is 9.14. The van der Waals surface area contributed by atoms with Gasteiger partial charge in [0.1, 0.15) is 17.3 Å². The smallest absolute Gasteiger partial charge is 0.260 e. The molecule has 1 saturated heterocycles. The molecule has 0 unspecified atom stereocenters. The zero-order valence-corrected chi connectivity index (χ0v) is 27.1. The van der Waals surface area contributed by atoms with Crippen LogP contribution in [-0.4, -0.2) is 54.5 Å². The molecule has 1 amide bonds. The number of thiophene rings is 1. The van der Waals surface area contributed by atoms with Crippen LogP contribution in [0.3, 0.4) is 0 Å². The molecule has 41 heavy (non-hydrogen) atoms. The van der Waals surface area contributed by atoms with E-state index in [1.165, 1.54) is 0 Å². The van der Waals surface area contributed by atoms with Crippen molar-refractivity contribution in [2.45, 2.75) is 52.4 Å². The maximum Gasteiger partial charge on any atom is 0.260 e. The topological polar surface area (TPSA) is 91.4 Å². The van der Waals surface area contributed by atoms with Gasteiger partial charge in [-0.2, -0.15) is 0 Å². The van der Waals surface area contributed by atoms with E-state index in [9.17, 15) is 9.90 Å². The molecule has 3 N–H and O–H groups in total. The van der Waals surface area contributed by atoms with E-state index in [1.54, 1.807) is 11.3 Å². The number of anilines is 1. The summed E-state index contributed by atoms with van der Waals surface area (Å²) in [6.07, 6.45) is 0. The Morgan fingerprint density at radius 3 is 2.00 bits per heavy atom. The molecule has 2 aromatic carbocycles. The van der Waals surface area contributed by atoms with Crippen LogP contribution in [0.25, 0.3) is 0 Å². The second-order valence-electron chi connectivity index (χ2n) is 12.0. The number of hydrogen-bond acceptors (Lipinski definition) is 6. The maximum atomic E-state index is 13.0. The Balaban J connectivity index is 0.00000294. The number of carbonyl (C=O) groups is 1. The highest BCUT2D eigenvalue weighted by Gasteiger charge is 2.28. The number of halogens is 2. The maximum absolute atomic E-state index is 13.0. The van der Waals surface area contributed by atoms with Crippen molar-refractivity contribution in [1.82, 2.24) is 4.90 Å². The molecule has 1 fully saturated rings. The van der Waals surface area contributed by atoms with E-state index in [4.69, 9.17) is 10.5 Å². The third kappa shape index (κ3) is 8.53. The number of amidine groups is 1. The van der Waals surface area contributed by atoms with Gasteiger partial charge in [0.25, 0.3) is 5.91 Å². The first-order valence-electron chi connectivity index (χ1n) is 13.3. The number of phenolic OH excluding ortho intramolecular Hbond substituents is 1. The van der Waals surface area contributed by atoms with Crippen LogP contribution in [0.15, 0.2) is 58.9 Å². The number of ether oxygens (including phenoxy) is 1. The van der Waals surface area contributed by atoms with Crippen molar-refractivity contribution < 1.29 is 14.6 Å². The van der Waals surface area contributed by atoms with Crippen LogP contribution in [0, 0.1) is 0 Å². The first kappa shape index (κ1) is 34.3. The Bertz CT molecular complexity index is 1290. The van der Waals surface area contributed by atoms with Gasteiger partial charge >= 0.3 is 0 Å². The molecular formula is C31H42Cl2N4O3S. The van der Waals surface area contributed by atoms with Gasteiger partial charge in [-0.3, -0.25) is 4.79 Å². The average Bonchev–Trinajstić information content (AvgIpc) is 3.42. The van der Waals surface area contributed by atoms with Gasteiger partial charge in [0.05, 0.1) is 10.6 Å². The SMILES string of the molecule is CC(C)(C)c1cc(OCC(=O)N2CCN(c3ccc(N=C(N)c4cccs4)cc3)CC2)cc(C(C)(C)C)c1O.Cl.Cl. The largest absolute Gasteiger partial charge is 0.507 e. The summed E-state index contributed by atoms with van der Waals surface area (Å²) >= 11 is 1.57. The number of aromatic hydroxyl groups is 1. The summed E-state index contributed by atoms with van der Waals surface area (Å²) < 4.78 is 5.99. The summed E-state index contributed by atoms with van der Waals surface area (Å²) in [5, 5.41) is 12.9. The summed E-state index contributed by atoms with van der Waals surface area (Å²) in [5.74, 6) is 1.39. The highest BCUT2D eigenvalue weighted by molar-refractivity contribution is 7.12. The molecule has 0 atom stereocenters. The molecule has 0 saturated carbocycles. The van der Waals surface area contributed by atoms with Crippen molar-refractivity contribution in [2.75, 3.05) is 37.7 Å². The number of carbonyl (C=O) groups excluding carboxylic acids is 1. The zero-order valence-electron chi connectivity index (χ0n) is 24.6. The molecular weight excluding hydrogens is 579 g/mol. The molecule has 0 radical (unpaired) electrons. The molecule has 7 nitrogen and oxygen atoms in total. The number of phenols is 1. The lowest BCUT2D eigenvalue weighted by Crippen LogP contribution is -2.50. The molecule has 2 heterocycles. The van der Waals surface area contributed by atoms with Crippen molar-refractivity contribution in [3.63, 3.8) is 0 Å². The van der Waals surface area contributed by atoms with E-state index in [2.05, 4.69) is 51.4 Å². The monoisotopic (exact) mass is 620 g/mol. The van der Waals surface area contributed by atoms with Crippen molar-refractivity contribution in [1.29, 1.82) is 0 Å². The number of nitrogens with zero attached hydrogens (tertiary/aromatic N) is 3. The van der Waals surface area contributed by atoms with Crippen LogP contribution in [-0.2, 0) is 15.6 Å². The number of piperazine rings is 1. The molecule has 224 valence electrons. The van der Waals surface area contributed by atoms with Gasteiger partial charge in [0.15, 0.2) is 6.61 Å². The number of aliphatic imine (C=N–C) groups is 1. The van der Waals surface area contributed by atoms with E-state index in [-0.39, 0.29) is 48.2 Å². The minimum absolute atomic E-state index is 0. The number of nitrogens with two attached hydrogens (primary N) is 1. The molecule has 1 aliphatic heterocycles. The minimum Gasteiger partial charge on any atom is -0.507 e. The lowest BCUT2D eigenvalue weighted by atomic mass is 9.79. The molecule has 4 rings (SSSR count). The van der Waals surface area contributed by atoms with Crippen LogP contribution < -0.4 is 15.4 Å². The molecule has 0 spiro atoms. The second-order valence-corrected chi connectivity index (χ2v) is 13.0. The second kappa shape index (κ2) is 13.8. The van der Waals surface area contributed by atoms with Crippen LogP contribution in [0.1, 0.15) is 57.5 Å². The summed E-state index contributed by atoms with van der Waals surface area (Å²) in [7, 11) is 0. The zero-order chi connectivity index (χ0) is 28.4. The Hall–Kier alpha value is -2.94. The van der Waals surface area contributed by atoms with E-state index in [0.717, 1.165) is 40.5 Å². The Kier molecular flexibility index (Phi) is 11.5. The van der Waals surface area contributed by atoms with E-state index in [0.29, 0.717) is 30.4 Å². The van der Waals surface area contributed by atoms with Crippen molar-refractivity contribution in [3.8, 4) is 11.5 Å².